The standard InChI is InChI=1S/C17H25NO3/c1-12-9-13(2)16-14(10-12)15(3-6-21-16)18-11-17(19)4-7-20-8-5-17/h9-10,15,18-19H,3-8,11H2,1-2H3. The third-order valence-electron chi connectivity index (χ3n) is 4.58. The fourth-order valence-electron chi connectivity index (χ4n) is 3.33. The van der Waals surface area contributed by atoms with Gasteiger partial charge in [-0.05, 0) is 19.4 Å². The van der Waals surface area contributed by atoms with Crippen molar-refractivity contribution in [3.8, 4) is 5.75 Å². The molecule has 2 heterocycles. The van der Waals surface area contributed by atoms with E-state index in [2.05, 4.69) is 31.3 Å². The molecule has 0 aliphatic carbocycles. The lowest BCUT2D eigenvalue weighted by molar-refractivity contribution is -0.0632. The summed E-state index contributed by atoms with van der Waals surface area (Å²) < 4.78 is 11.2. The zero-order valence-corrected chi connectivity index (χ0v) is 12.9. The van der Waals surface area contributed by atoms with Crippen LogP contribution >= 0.6 is 0 Å². The molecule has 4 nitrogen and oxygen atoms in total. The summed E-state index contributed by atoms with van der Waals surface area (Å²) in [7, 11) is 0. The van der Waals surface area contributed by atoms with Gasteiger partial charge in [-0.1, -0.05) is 17.7 Å². The minimum absolute atomic E-state index is 0.263. The predicted molar refractivity (Wildman–Crippen MR) is 81.8 cm³/mol. The van der Waals surface area contributed by atoms with E-state index < -0.39 is 5.60 Å². The minimum Gasteiger partial charge on any atom is -0.493 e. The Balaban J connectivity index is 1.73. The van der Waals surface area contributed by atoms with Crippen LogP contribution in [0.1, 0.15) is 42.0 Å². The second-order valence-electron chi connectivity index (χ2n) is 6.41. The van der Waals surface area contributed by atoms with Gasteiger partial charge in [0.25, 0.3) is 0 Å². The summed E-state index contributed by atoms with van der Waals surface area (Å²) in [5, 5.41) is 14.1. The summed E-state index contributed by atoms with van der Waals surface area (Å²) >= 11 is 0. The van der Waals surface area contributed by atoms with Gasteiger partial charge >= 0.3 is 0 Å². The van der Waals surface area contributed by atoms with E-state index in [9.17, 15) is 5.11 Å². The molecule has 1 atom stereocenters. The third-order valence-corrected chi connectivity index (χ3v) is 4.58. The number of hydrogen-bond donors (Lipinski definition) is 2. The van der Waals surface area contributed by atoms with Gasteiger partial charge in [-0.2, -0.15) is 0 Å². The van der Waals surface area contributed by atoms with E-state index in [0.29, 0.717) is 32.6 Å². The van der Waals surface area contributed by atoms with Crippen molar-refractivity contribution in [3.05, 3.63) is 28.8 Å². The second-order valence-corrected chi connectivity index (χ2v) is 6.41. The number of aliphatic hydroxyl groups is 1. The van der Waals surface area contributed by atoms with Crippen molar-refractivity contribution < 1.29 is 14.6 Å². The molecule has 1 aromatic rings. The average Bonchev–Trinajstić information content (AvgIpc) is 2.46. The first-order valence-corrected chi connectivity index (χ1v) is 7.85. The highest BCUT2D eigenvalue weighted by atomic mass is 16.5. The first-order valence-electron chi connectivity index (χ1n) is 7.85. The van der Waals surface area contributed by atoms with E-state index in [1.54, 1.807) is 0 Å². The second kappa shape index (κ2) is 5.95. The van der Waals surface area contributed by atoms with E-state index in [-0.39, 0.29) is 6.04 Å². The van der Waals surface area contributed by atoms with E-state index in [4.69, 9.17) is 9.47 Å². The van der Waals surface area contributed by atoms with Crippen LogP contribution in [0.15, 0.2) is 12.1 Å². The van der Waals surface area contributed by atoms with Crippen molar-refractivity contribution in [2.75, 3.05) is 26.4 Å². The first-order chi connectivity index (χ1) is 10.1. The number of nitrogens with one attached hydrogen (secondary N) is 1. The molecule has 1 aromatic carbocycles. The quantitative estimate of drug-likeness (QED) is 0.897. The van der Waals surface area contributed by atoms with E-state index in [1.165, 1.54) is 16.7 Å². The zero-order chi connectivity index (χ0) is 14.9. The number of aryl methyl sites for hydroxylation is 2. The Bertz CT molecular complexity index is 509. The monoisotopic (exact) mass is 291 g/mol. The molecule has 3 rings (SSSR count). The molecule has 0 amide bonds. The molecule has 1 fully saturated rings. The lowest BCUT2D eigenvalue weighted by Gasteiger charge is -2.35. The molecule has 2 aliphatic rings. The van der Waals surface area contributed by atoms with Gasteiger partial charge in [0, 0.05) is 50.6 Å². The van der Waals surface area contributed by atoms with Crippen LogP contribution in [0.3, 0.4) is 0 Å². The van der Waals surface area contributed by atoms with Crippen LogP contribution < -0.4 is 10.1 Å². The van der Waals surface area contributed by atoms with Crippen molar-refractivity contribution in [1.29, 1.82) is 0 Å². The van der Waals surface area contributed by atoms with Crippen LogP contribution in [0.5, 0.6) is 5.75 Å². The van der Waals surface area contributed by atoms with E-state index in [0.717, 1.165) is 18.8 Å². The summed E-state index contributed by atoms with van der Waals surface area (Å²) in [6, 6.07) is 4.62. The molecule has 2 aliphatic heterocycles. The molecule has 1 saturated heterocycles. The Labute approximate surface area is 126 Å². The van der Waals surface area contributed by atoms with Crippen molar-refractivity contribution in [2.45, 2.75) is 44.8 Å². The average molecular weight is 291 g/mol. The Morgan fingerprint density at radius 3 is 2.76 bits per heavy atom. The maximum Gasteiger partial charge on any atom is 0.126 e. The molecule has 4 heteroatoms. The van der Waals surface area contributed by atoms with Crippen LogP contribution in [0.2, 0.25) is 0 Å². The highest BCUT2D eigenvalue weighted by Gasteiger charge is 2.31. The molecular formula is C17H25NO3. The Kier molecular flexibility index (Phi) is 4.20. The topological polar surface area (TPSA) is 50.7 Å². The number of fused-ring (bicyclic) bond motifs is 1. The number of ether oxygens (including phenoxy) is 2. The predicted octanol–water partition coefficient (Wildman–Crippen LogP) is 2.26. The maximum absolute atomic E-state index is 10.6. The van der Waals surface area contributed by atoms with Gasteiger partial charge in [0.15, 0.2) is 0 Å². The molecule has 21 heavy (non-hydrogen) atoms. The Morgan fingerprint density at radius 1 is 1.24 bits per heavy atom. The summed E-state index contributed by atoms with van der Waals surface area (Å²) in [6.45, 7) is 6.87. The van der Waals surface area contributed by atoms with Crippen molar-refractivity contribution in [2.24, 2.45) is 0 Å². The Hall–Kier alpha value is -1.10. The maximum atomic E-state index is 10.6. The van der Waals surface area contributed by atoms with Gasteiger partial charge in [-0.15, -0.1) is 0 Å². The zero-order valence-electron chi connectivity index (χ0n) is 12.9. The van der Waals surface area contributed by atoms with Crippen LogP contribution in [-0.2, 0) is 4.74 Å². The van der Waals surface area contributed by atoms with E-state index in [1.807, 2.05) is 0 Å². The summed E-state index contributed by atoms with van der Waals surface area (Å²) in [4.78, 5) is 0. The van der Waals surface area contributed by atoms with Crippen LogP contribution in [0, 0.1) is 13.8 Å². The van der Waals surface area contributed by atoms with E-state index >= 15 is 0 Å². The van der Waals surface area contributed by atoms with Gasteiger partial charge in [-0.25, -0.2) is 0 Å². The fraction of sp³-hybridized carbons (Fsp3) is 0.647. The highest BCUT2D eigenvalue weighted by Crippen LogP contribution is 2.36. The van der Waals surface area contributed by atoms with Gasteiger partial charge in [0.2, 0.25) is 0 Å². The molecule has 0 radical (unpaired) electrons. The van der Waals surface area contributed by atoms with Gasteiger partial charge < -0.3 is 19.9 Å². The number of rotatable bonds is 3. The third kappa shape index (κ3) is 3.23. The largest absolute Gasteiger partial charge is 0.493 e. The SMILES string of the molecule is Cc1cc(C)c2c(c1)C(NCC1(O)CCOCC1)CCO2. The van der Waals surface area contributed by atoms with Crippen molar-refractivity contribution >= 4 is 0 Å². The van der Waals surface area contributed by atoms with Crippen LogP contribution in [0.4, 0.5) is 0 Å². The number of hydrogen-bond acceptors (Lipinski definition) is 4. The molecule has 0 bridgehead atoms. The lowest BCUT2D eigenvalue weighted by atomic mass is 9.92. The molecule has 2 N–H and O–H groups in total. The van der Waals surface area contributed by atoms with Crippen LogP contribution in [0.25, 0.3) is 0 Å². The number of benzene rings is 1. The Morgan fingerprint density at radius 2 is 2.00 bits per heavy atom. The molecule has 116 valence electrons. The molecular weight excluding hydrogens is 266 g/mol. The molecule has 0 saturated carbocycles. The molecule has 0 spiro atoms. The summed E-state index contributed by atoms with van der Waals surface area (Å²) in [6.07, 6.45) is 2.37. The van der Waals surface area contributed by atoms with Crippen molar-refractivity contribution in [1.82, 2.24) is 5.32 Å². The van der Waals surface area contributed by atoms with Gasteiger partial charge in [0.05, 0.1) is 12.2 Å². The summed E-state index contributed by atoms with van der Waals surface area (Å²) in [5.74, 6) is 1.02. The normalized spacial score (nSPS) is 24.2. The molecule has 0 aromatic heterocycles. The van der Waals surface area contributed by atoms with Gasteiger partial charge in [0.1, 0.15) is 5.75 Å². The molecule has 1 unspecified atom stereocenters. The lowest BCUT2D eigenvalue weighted by Crippen LogP contribution is -2.46. The smallest absolute Gasteiger partial charge is 0.126 e. The minimum atomic E-state index is -0.629. The fourth-order valence-corrected chi connectivity index (χ4v) is 3.33. The van der Waals surface area contributed by atoms with Crippen LogP contribution in [-0.4, -0.2) is 37.1 Å². The van der Waals surface area contributed by atoms with Crippen molar-refractivity contribution in [3.63, 3.8) is 0 Å². The summed E-state index contributed by atoms with van der Waals surface area (Å²) in [5.41, 5.74) is 3.05. The first kappa shape index (κ1) is 14.8. The van der Waals surface area contributed by atoms with Gasteiger partial charge in [-0.3, -0.25) is 0 Å². The highest BCUT2D eigenvalue weighted by molar-refractivity contribution is 5.46.